The van der Waals surface area contributed by atoms with Crippen molar-refractivity contribution in [2.45, 2.75) is 36.7 Å². The Balaban J connectivity index is 1.30. The fraction of sp³-hybridized carbons (Fsp3) is 0.417. The van der Waals surface area contributed by atoms with Crippen molar-refractivity contribution in [2.75, 3.05) is 32.5 Å². The minimum Gasteiger partial charge on any atom is -0.464 e. The Bertz CT molecular complexity index is 912. The van der Waals surface area contributed by atoms with E-state index >= 15 is 0 Å². The van der Waals surface area contributed by atoms with Crippen molar-refractivity contribution in [1.29, 1.82) is 0 Å². The van der Waals surface area contributed by atoms with Crippen molar-refractivity contribution in [3.8, 4) is 0 Å². The molecule has 3 aromatic rings. The topological polar surface area (TPSA) is 25.6 Å². The van der Waals surface area contributed by atoms with Gasteiger partial charge in [0.15, 0.2) is 0 Å². The fourth-order valence-electron chi connectivity index (χ4n) is 4.02. The number of nitrogens with zero attached hydrogens (tertiary/aromatic N) is 1. The average molecular weight is 396 g/mol. The highest BCUT2D eigenvalue weighted by atomic mass is 32.2. The van der Waals surface area contributed by atoms with E-state index in [9.17, 15) is 0 Å². The third-order valence-corrected chi connectivity index (χ3v) is 7.48. The Hall–Kier alpha value is -1.75. The predicted molar refractivity (Wildman–Crippen MR) is 117 cm³/mol. The first-order valence-electron chi connectivity index (χ1n) is 10.1. The van der Waals surface area contributed by atoms with Crippen LogP contribution in [0.5, 0.6) is 0 Å². The number of hydrogen-bond donors (Lipinski definition) is 0. The molecule has 0 amide bonds. The van der Waals surface area contributed by atoms with Crippen LogP contribution in [0, 0.1) is 6.92 Å². The van der Waals surface area contributed by atoms with Gasteiger partial charge in [-0.3, -0.25) is 0 Å². The minimum atomic E-state index is -0.00815. The number of hydrogen-bond acceptors (Lipinski definition) is 4. The normalized spacial score (nSPS) is 17.2. The molecule has 0 radical (unpaired) electrons. The maximum absolute atomic E-state index is 6.03. The summed E-state index contributed by atoms with van der Waals surface area (Å²) in [4.78, 5) is 3.94. The van der Waals surface area contributed by atoms with Crippen molar-refractivity contribution in [1.82, 2.24) is 4.90 Å². The molecule has 2 heterocycles. The van der Waals surface area contributed by atoms with Gasteiger partial charge in [0, 0.05) is 42.8 Å². The first-order valence-corrected chi connectivity index (χ1v) is 11.1. The summed E-state index contributed by atoms with van der Waals surface area (Å²) < 4.78 is 11.7. The summed E-state index contributed by atoms with van der Waals surface area (Å²) >= 11 is 1.94. The van der Waals surface area contributed by atoms with Crippen LogP contribution in [0.4, 0.5) is 0 Å². The van der Waals surface area contributed by atoms with E-state index < -0.39 is 0 Å². The van der Waals surface area contributed by atoms with Crippen LogP contribution >= 0.6 is 11.8 Å². The first kappa shape index (κ1) is 19.6. The number of fused-ring (bicyclic) bond motifs is 1. The molecule has 1 saturated heterocycles. The molecule has 0 unspecified atom stereocenters. The molecular formula is C24H29NO2S. The molecule has 1 aromatic heterocycles. The third-order valence-electron chi connectivity index (χ3n) is 6.04. The van der Waals surface area contributed by atoms with Crippen LogP contribution in [0.3, 0.4) is 0 Å². The van der Waals surface area contributed by atoms with Gasteiger partial charge in [-0.05, 0) is 49.4 Å². The number of furan rings is 1. The van der Waals surface area contributed by atoms with E-state index in [0.717, 1.165) is 50.2 Å². The zero-order valence-electron chi connectivity index (χ0n) is 16.8. The van der Waals surface area contributed by atoms with Gasteiger partial charge in [0.25, 0.3) is 0 Å². The lowest BCUT2D eigenvalue weighted by Crippen LogP contribution is -2.47. The number of benzene rings is 2. The minimum absolute atomic E-state index is 0.00815. The highest BCUT2D eigenvalue weighted by Crippen LogP contribution is 2.34. The second-order valence-electron chi connectivity index (χ2n) is 7.79. The standard InChI is InChI=1S/C24H29NO2S/c1-19-7-3-6-10-23(19)28-18-24(26-2)12-15-25(16-13-24)14-11-20-17-27-22-9-5-4-8-21(20)22/h3-10,17H,11-16,18H2,1-2H3. The summed E-state index contributed by atoms with van der Waals surface area (Å²) in [6, 6.07) is 16.9. The zero-order chi connectivity index (χ0) is 19.4. The maximum atomic E-state index is 6.03. The van der Waals surface area contributed by atoms with Gasteiger partial charge in [0.2, 0.25) is 0 Å². The summed E-state index contributed by atoms with van der Waals surface area (Å²) in [7, 11) is 1.88. The Morgan fingerprint density at radius 2 is 1.82 bits per heavy atom. The molecule has 1 aliphatic heterocycles. The van der Waals surface area contributed by atoms with Gasteiger partial charge >= 0.3 is 0 Å². The lowest BCUT2D eigenvalue weighted by molar-refractivity contribution is -0.0385. The average Bonchev–Trinajstić information content (AvgIpc) is 3.16. The molecule has 148 valence electrons. The number of aryl methyl sites for hydroxylation is 1. The van der Waals surface area contributed by atoms with E-state index in [1.54, 1.807) is 0 Å². The van der Waals surface area contributed by atoms with E-state index in [4.69, 9.17) is 9.15 Å². The van der Waals surface area contributed by atoms with Crippen LogP contribution in [-0.4, -0.2) is 43.0 Å². The second-order valence-corrected chi connectivity index (χ2v) is 8.81. The maximum Gasteiger partial charge on any atom is 0.134 e. The molecule has 4 heteroatoms. The van der Waals surface area contributed by atoms with Gasteiger partial charge in [0.05, 0.1) is 11.9 Å². The van der Waals surface area contributed by atoms with Crippen molar-refractivity contribution >= 4 is 22.7 Å². The van der Waals surface area contributed by atoms with Crippen molar-refractivity contribution in [3.05, 3.63) is 65.9 Å². The second kappa shape index (κ2) is 8.73. The summed E-state index contributed by atoms with van der Waals surface area (Å²) in [5, 5.41) is 1.25. The van der Waals surface area contributed by atoms with Crippen molar-refractivity contribution in [2.24, 2.45) is 0 Å². The molecule has 0 atom stereocenters. The van der Waals surface area contributed by atoms with E-state index in [1.807, 2.05) is 37.3 Å². The molecule has 2 aromatic carbocycles. The molecule has 1 fully saturated rings. The predicted octanol–water partition coefficient (Wildman–Crippen LogP) is 5.56. The third kappa shape index (κ3) is 4.29. The lowest BCUT2D eigenvalue weighted by Gasteiger charge is -2.40. The van der Waals surface area contributed by atoms with Crippen molar-refractivity contribution in [3.63, 3.8) is 0 Å². The van der Waals surface area contributed by atoms with E-state index in [1.165, 1.54) is 21.4 Å². The Morgan fingerprint density at radius 1 is 1.07 bits per heavy atom. The van der Waals surface area contributed by atoms with Crippen LogP contribution in [0.15, 0.2) is 64.1 Å². The molecule has 1 aliphatic rings. The monoisotopic (exact) mass is 395 g/mol. The summed E-state index contributed by atoms with van der Waals surface area (Å²) in [6.07, 6.45) is 5.14. The molecule has 0 aliphatic carbocycles. The number of para-hydroxylation sites is 1. The summed E-state index contributed by atoms with van der Waals surface area (Å²) in [5.41, 5.74) is 3.65. The van der Waals surface area contributed by atoms with Crippen molar-refractivity contribution < 1.29 is 9.15 Å². The van der Waals surface area contributed by atoms with Gasteiger partial charge < -0.3 is 14.1 Å². The fourth-order valence-corrected chi connectivity index (χ4v) is 5.32. The Kier molecular flexibility index (Phi) is 6.10. The van der Waals surface area contributed by atoms with Gasteiger partial charge in [-0.25, -0.2) is 0 Å². The zero-order valence-corrected chi connectivity index (χ0v) is 17.6. The molecule has 4 rings (SSSR count). The Morgan fingerprint density at radius 3 is 2.61 bits per heavy atom. The summed E-state index contributed by atoms with van der Waals surface area (Å²) in [6.45, 7) is 5.45. The highest BCUT2D eigenvalue weighted by Gasteiger charge is 2.34. The summed E-state index contributed by atoms with van der Waals surface area (Å²) in [5.74, 6) is 1.02. The SMILES string of the molecule is COC1(CSc2ccccc2C)CCN(CCc2coc3ccccc23)CC1. The smallest absolute Gasteiger partial charge is 0.134 e. The van der Waals surface area contributed by atoms with Gasteiger partial charge in [0.1, 0.15) is 5.58 Å². The van der Waals surface area contributed by atoms with Gasteiger partial charge in [-0.15, -0.1) is 11.8 Å². The molecule has 0 bridgehead atoms. The Labute approximate surface area is 172 Å². The first-order chi connectivity index (χ1) is 13.7. The van der Waals surface area contributed by atoms with E-state index in [2.05, 4.69) is 48.2 Å². The molecule has 0 spiro atoms. The number of thioether (sulfide) groups is 1. The van der Waals surface area contributed by atoms with Crippen LogP contribution in [0.25, 0.3) is 11.0 Å². The van der Waals surface area contributed by atoms with E-state index in [-0.39, 0.29) is 5.60 Å². The molecule has 0 N–H and O–H groups in total. The molecular weight excluding hydrogens is 366 g/mol. The number of methoxy groups -OCH3 is 1. The van der Waals surface area contributed by atoms with Gasteiger partial charge in [-0.1, -0.05) is 36.4 Å². The van der Waals surface area contributed by atoms with Crippen LogP contribution in [0.1, 0.15) is 24.0 Å². The van der Waals surface area contributed by atoms with Crippen LogP contribution < -0.4 is 0 Å². The number of likely N-dealkylation sites (tertiary alicyclic amines) is 1. The quantitative estimate of drug-likeness (QED) is 0.489. The highest BCUT2D eigenvalue weighted by molar-refractivity contribution is 7.99. The molecule has 28 heavy (non-hydrogen) atoms. The van der Waals surface area contributed by atoms with Crippen LogP contribution in [-0.2, 0) is 11.2 Å². The number of rotatable bonds is 7. The van der Waals surface area contributed by atoms with Crippen LogP contribution in [0.2, 0.25) is 0 Å². The lowest BCUT2D eigenvalue weighted by atomic mass is 9.93. The number of piperidine rings is 1. The molecule has 3 nitrogen and oxygen atoms in total. The number of ether oxygens (including phenoxy) is 1. The molecule has 0 saturated carbocycles. The van der Waals surface area contributed by atoms with Gasteiger partial charge in [-0.2, -0.15) is 0 Å². The largest absolute Gasteiger partial charge is 0.464 e. The van der Waals surface area contributed by atoms with E-state index in [0.29, 0.717) is 0 Å².